The fourth-order valence-electron chi connectivity index (χ4n) is 3.44. The first-order valence-corrected chi connectivity index (χ1v) is 7.82. The predicted molar refractivity (Wildman–Crippen MR) is 88.8 cm³/mol. The third kappa shape index (κ3) is 2.87. The molecule has 0 spiro atoms. The van der Waals surface area contributed by atoms with Crippen LogP contribution in [0.15, 0.2) is 47.1 Å². The Bertz CT molecular complexity index is 890. The third-order valence-corrected chi connectivity index (χ3v) is 4.49. The number of hydrogen-bond acceptors (Lipinski definition) is 6. The number of nitro groups is 1. The lowest BCUT2D eigenvalue weighted by Gasteiger charge is -2.37. The Kier molecular flexibility index (Phi) is 3.84. The second-order valence-electron chi connectivity index (χ2n) is 7.05. The van der Waals surface area contributed by atoms with Crippen LogP contribution in [-0.4, -0.2) is 10.7 Å². The Balaban J connectivity index is 2.20. The van der Waals surface area contributed by atoms with E-state index in [0.29, 0.717) is 29.7 Å². The van der Waals surface area contributed by atoms with E-state index < -0.39 is 10.8 Å². The lowest BCUT2D eigenvalue weighted by Crippen LogP contribution is -2.33. The van der Waals surface area contributed by atoms with Crippen LogP contribution in [0.4, 0.5) is 5.69 Å². The van der Waals surface area contributed by atoms with Gasteiger partial charge in [0.05, 0.1) is 10.8 Å². The van der Waals surface area contributed by atoms with E-state index in [-0.39, 0.29) is 28.3 Å². The molecule has 0 radical (unpaired) electrons. The number of nitrogens with two attached hydrogens (primary N) is 1. The lowest BCUT2D eigenvalue weighted by atomic mass is 9.70. The number of rotatable bonds is 2. The topological polar surface area (TPSA) is 119 Å². The molecule has 1 atom stereocenters. The molecule has 3 rings (SSSR count). The zero-order valence-corrected chi connectivity index (χ0v) is 13.9. The highest BCUT2D eigenvalue weighted by molar-refractivity contribution is 6.00. The van der Waals surface area contributed by atoms with Crippen LogP contribution in [-0.2, 0) is 9.53 Å². The van der Waals surface area contributed by atoms with E-state index in [9.17, 15) is 20.2 Å². The molecule has 0 fully saturated rings. The van der Waals surface area contributed by atoms with Gasteiger partial charge in [0.15, 0.2) is 5.78 Å². The quantitative estimate of drug-likeness (QED) is 0.653. The number of carbonyl (C=O) groups excluding carboxylic acids is 1. The Hall–Kier alpha value is -3.14. The number of allylic oxidation sites excluding steroid dienone is 3. The van der Waals surface area contributed by atoms with E-state index in [0.717, 1.165) is 0 Å². The van der Waals surface area contributed by atoms with Gasteiger partial charge in [0.2, 0.25) is 5.88 Å². The normalized spacial score (nSPS) is 22.1. The van der Waals surface area contributed by atoms with Crippen LogP contribution >= 0.6 is 0 Å². The fourth-order valence-corrected chi connectivity index (χ4v) is 3.44. The van der Waals surface area contributed by atoms with Gasteiger partial charge in [-0.15, -0.1) is 0 Å². The van der Waals surface area contributed by atoms with E-state index in [1.54, 1.807) is 6.07 Å². The molecular formula is C18H17N3O4. The van der Waals surface area contributed by atoms with Crippen LogP contribution in [0.2, 0.25) is 0 Å². The molecule has 2 aliphatic rings. The van der Waals surface area contributed by atoms with E-state index in [2.05, 4.69) is 0 Å². The average Bonchev–Trinajstić information content (AvgIpc) is 2.52. The zero-order valence-electron chi connectivity index (χ0n) is 13.9. The molecule has 7 heteroatoms. The van der Waals surface area contributed by atoms with Crippen molar-refractivity contribution < 1.29 is 14.5 Å². The molecule has 1 aromatic carbocycles. The van der Waals surface area contributed by atoms with E-state index in [4.69, 9.17) is 10.5 Å². The van der Waals surface area contributed by atoms with Crippen LogP contribution in [0, 0.1) is 26.9 Å². The standard InChI is InChI=1S/C18H17N3O4/c1-18(2)7-13(22)16-14(8-18)25-17(20)12(9-19)15(16)10-4-3-5-11(6-10)21(23)24/h3-6,15H,7-8,20H2,1-2H3. The number of ketones is 1. The molecule has 0 saturated carbocycles. The Labute approximate surface area is 144 Å². The predicted octanol–water partition coefficient (Wildman–Crippen LogP) is 3.05. The van der Waals surface area contributed by atoms with Gasteiger partial charge in [-0.2, -0.15) is 5.26 Å². The van der Waals surface area contributed by atoms with Gasteiger partial charge >= 0.3 is 0 Å². The SMILES string of the molecule is CC1(C)CC(=O)C2=C(C1)OC(N)=C(C#N)C2c1cccc([N+](=O)[O-])c1. The minimum Gasteiger partial charge on any atom is -0.444 e. The first-order valence-electron chi connectivity index (χ1n) is 7.82. The molecular weight excluding hydrogens is 322 g/mol. The third-order valence-electron chi connectivity index (χ3n) is 4.49. The van der Waals surface area contributed by atoms with Gasteiger partial charge < -0.3 is 10.5 Å². The van der Waals surface area contributed by atoms with E-state index in [1.165, 1.54) is 18.2 Å². The number of benzene rings is 1. The molecule has 1 heterocycles. The monoisotopic (exact) mass is 339 g/mol. The summed E-state index contributed by atoms with van der Waals surface area (Å²) in [4.78, 5) is 23.3. The summed E-state index contributed by atoms with van der Waals surface area (Å²) in [5.74, 6) is -0.460. The Morgan fingerprint density at radius 1 is 1.40 bits per heavy atom. The smallest absolute Gasteiger partial charge is 0.269 e. The first kappa shape index (κ1) is 16.7. The van der Waals surface area contributed by atoms with E-state index in [1.807, 2.05) is 19.9 Å². The summed E-state index contributed by atoms with van der Waals surface area (Å²) in [7, 11) is 0. The van der Waals surface area contributed by atoms with Crippen molar-refractivity contribution in [1.82, 2.24) is 0 Å². The number of ether oxygens (including phenoxy) is 1. The number of carbonyl (C=O) groups is 1. The number of nitriles is 1. The van der Waals surface area contributed by atoms with Crippen LogP contribution in [0.1, 0.15) is 38.2 Å². The maximum absolute atomic E-state index is 12.8. The highest BCUT2D eigenvalue weighted by Crippen LogP contribution is 2.48. The molecule has 1 aliphatic heterocycles. The molecule has 2 N–H and O–H groups in total. The Morgan fingerprint density at radius 3 is 2.76 bits per heavy atom. The minimum atomic E-state index is -0.739. The number of non-ortho nitro benzene ring substituents is 1. The van der Waals surface area contributed by atoms with Gasteiger partial charge in [-0.05, 0) is 11.0 Å². The van der Waals surface area contributed by atoms with Gasteiger partial charge in [-0.3, -0.25) is 14.9 Å². The molecule has 128 valence electrons. The highest BCUT2D eigenvalue weighted by Gasteiger charge is 2.43. The van der Waals surface area contributed by atoms with Crippen LogP contribution in [0.5, 0.6) is 0 Å². The summed E-state index contributed by atoms with van der Waals surface area (Å²) in [5.41, 5.74) is 6.50. The van der Waals surface area contributed by atoms with E-state index >= 15 is 0 Å². The largest absolute Gasteiger partial charge is 0.444 e. The molecule has 1 unspecified atom stereocenters. The van der Waals surface area contributed by atoms with Crippen molar-refractivity contribution in [3.63, 3.8) is 0 Å². The van der Waals surface area contributed by atoms with Gasteiger partial charge in [-0.1, -0.05) is 26.0 Å². The van der Waals surface area contributed by atoms with Crippen molar-refractivity contribution in [3.05, 3.63) is 62.7 Å². The minimum absolute atomic E-state index is 0.0525. The highest BCUT2D eigenvalue weighted by atomic mass is 16.6. The number of nitrogens with zero attached hydrogens (tertiary/aromatic N) is 2. The second-order valence-corrected chi connectivity index (χ2v) is 7.05. The van der Waals surface area contributed by atoms with Crippen LogP contribution in [0.3, 0.4) is 0 Å². The van der Waals surface area contributed by atoms with Gasteiger partial charge in [0.1, 0.15) is 17.4 Å². The van der Waals surface area contributed by atoms with Crippen molar-refractivity contribution in [2.75, 3.05) is 0 Å². The van der Waals surface area contributed by atoms with Crippen LogP contribution < -0.4 is 5.73 Å². The average molecular weight is 339 g/mol. The summed E-state index contributed by atoms with van der Waals surface area (Å²) < 4.78 is 5.59. The summed E-state index contributed by atoms with van der Waals surface area (Å²) in [6.45, 7) is 3.92. The van der Waals surface area contributed by atoms with Gasteiger partial charge in [-0.25, -0.2) is 0 Å². The molecule has 0 aromatic heterocycles. The Morgan fingerprint density at radius 2 is 2.12 bits per heavy atom. The van der Waals surface area contributed by atoms with Crippen molar-refractivity contribution in [1.29, 1.82) is 5.26 Å². The summed E-state index contributed by atoms with van der Waals surface area (Å²) in [6, 6.07) is 7.93. The lowest BCUT2D eigenvalue weighted by molar-refractivity contribution is -0.384. The van der Waals surface area contributed by atoms with Crippen molar-refractivity contribution >= 4 is 11.5 Å². The molecule has 0 saturated heterocycles. The molecule has 1 aliphatic carbocycles. The summed E-state index contributed by atoms with van der Waals surface area (Å²) in [5, 5.41) is 20.6. The van der Waals surface area contributed by atoms with Crippen LogP contribution in [0.25, 0.3) is 0 Å². The molecule has 25 heavy (non-hydrogen) atoms. The van der Waals surface area contributed by atoms with Gasteiger partial charge in [0, 0.05) is 30.5 Å². The molecule has 0 amide bonds. The first-order chi connectivity index (χ1) is 11.7. The fraction of sp³-hybridized carbons (Fsp3) is 0.333. The van der Waals surface area contributed by atoms with Gasteiger partial charge in [0.25, 0.3) is 5.69 Å². The summed E-state index contributed by atoms with van der Waals surface area (Å²) >= 11 is 0. The second kappa shape index (κ2) is 5.74. The van der Waals surface area contributed by atoms with Crippen molar-refractivity contribution in [2.45, 2.75) is 32.6 Å². The van der Waals surface area contributed by atoms with Crippen molar-refractivity contribution in [2.24, 2.45) is 11.1 Å². The number of Topliss-reactive ketones (excluding diaryl/α,β-unsaturated/α-hetero) is 1. The maximum atomic E-state index is 12.8. The zero-order chi connectivity index (χ0) is 18.4. The number of hydrogen-bond donors (Lipinski definition) is 1. The number of nitro benzene ring substituents is 1. The molecule has 1 aromatic rings. The van der Waals surface area contributed by atoms with Crippen molar-refractivity contribution in [3.8, 4) is 6.07 Å². The molecule has 0 bridgehead atoms. The molecule has 7 nitrogen and oxygen atoms in total. The summed E-state index contributed by atoms with van der Waals surface area (Å²) in [6.07, 6.45) is 0.831. The maximum Gasteiger partial charge on any atom is 0.269 e.